The zero-order valence-electron chi connectivity index (χ0n) is 14.1. The first-order valence-electron chi connectivity index (χ1n) is 8.88. The summed E-state index contributed by atoms with van der Waals surface area (Å²) in [6, 6.07) is 6.14. The van der Waals surface area contributed by atoms with E-state index in [4.69, 9.17) is 4.74 Å². The van der Waals surface area contributed by atoms with Crippen LogP contribution < -0.4 is 0 Å². The first-order valence-corrected chi connectivity index (χ1v) is 8.88. The fraction of sp³-hybridized carbons (Fsp3) is 0.684. The van der Waals surface area contributed by atoms with Crippen LogP contribution in [0.15, 0.2) is 24.4 Å². The van der Waals surface area contributed by atoms with E-state index in [1.807, 2.05) is 19.2 Å². The van der Waals surface area contributed by atoms with Gasteiger partial charge in [-0.25, -0.2) is 0 Å². The van der Waals surface area contributed by atoms with Crippen LogP contribution in [-0.2, 0) is 16.0 Å². The number of unbranched alkanes of at least 4 members (excludes halogenated alkanes) is 8. The van der Waals surface area contributed by atoms with Gasteiger partial charge in [-0.05, 0) is 38.3 Å². The van der Waals surface area contributed by atoms with Gasteiger partial charge in [0.2, 0.25) is 0 Å². The second kappa shape index (κ2) is 13.3. The minimum absolute atomic E-state index is 0.0459. The smallest absolute Gasteiger partial charge is 0.305 e. The summed E-state index contributed by atoms with van der Waals surface area (Å²) in [6.45, 7) is 2.35. The maximum Gasteiger partial charge on any atom is 0.305 e. The maximum atomic E-state index is 11.2. The third kappa shape index (κ3) is 10.4. The lowest BCUT2D eigenvalue weighted by Gasteiger charge is -2.03. The first-order chi connectivity index (χ1) is 10.8. The van der Waals surface area contributed by atoms with Crippen molar-refractivity contribution in [2.45, 2.75) is 77.6 Å². The topological polar surface area (TPSA) is 39.2 Å². The lowest BCUT2D eigenvalue weighted by Crippen LogP contribution is -2.03. The third-order valence-electron chi connectivity index (χ3n) is 3.85. The molecule has 22 heavy (non-hydrogen) atoms. The molecule has 0 atom stereocenters. The molecule has 0 amide bonds. The minimum atomic E-state index is -0.0459. The van der Waals surface area contributed by atoms with Crippen LogP contribution in [0.1, 0.15) is 76.8 Å². The average molecular weight is 305 g/mol. The molecule has 1 rings (SSSR count). The molecule has 0 N–H and O–H groups in total. The molecule has 0 aromatic carbocycles. The van der Waals surface area contributed by atoms with Crippen LogP contribution in [0.2, 0.25) is 0 Å². The summed E-state index contributed by atoms with van der Waals surface area (Å²) in [4.78, 5) is 15.5. The molecule has 0 aliphatic carbocycles. The third-order valence-corrected chi connectivity index (χ3v) is 3.85. The Morgan fingerprint density at radius 1 is 0.955 bits per heavy atom. The SMILES string of the molecule is CCOC(=O)CCCCCCCCCCCc1ccccn1. The highest BCUT2D eigenvalue weighted by Crippen LogP contribution is 2.12. The van der Waals surface area contributed by atoms with Crippen LogP contribution in [0.3, 0.4) is 0 Å². The molecule has 0 aliphatic rings. The zero-order chi connectivity index (χ0) is 15.9. The van der Waals surface area contributed by atoms with E-state index in [0.717, 1.165) is 19.3 Å². The second-order valence-electron chi connectivity index (χ2n) is 5.81. The number of nitrogens with zero attached hydrogens (tertiary/aromatic N) is 1. The Bertz CT molecular complexity index is 378. The molecule has 0 spiro atoms. The molecule has 0 radical (unpaired) electrons. The van der Waals surface area contributed by atoms with Gasteiger partial charge in [-0.1, -0.05) is 51.0 Å². The Morgan fingerprint density at radius 2 is 1.59 bits per heavy atom. The van der Waals surface area contributed by atoms with Crippen molar-refractivity contribution in [3.05, 3.63) is 30.1 Å². The highest BCUT2D eigenvalue weighted by molar-refractivity contribution is 5.69. The molecule has 0 unspecified atom stereocenters. The number of ether oxygens (including phenoxy) is 1. The molecule has 0 bridgehead atoms. The Balaban J connectivity index is 1.79. The van der Waals surface area contributed by atoms with E-state index in [1.54, 1.807) is 0 Å². The van der Waals surface area contributed by atoms with E-state index >= 15 is 0 Å². The average Bonchev–Trinajstić information content (AvgIpc) is 2.54. The number of pyridine rings is 1. The normalized spacial score (nSPS) is 10.6. The van der Waals surface area contributed by atoms with Crippen LogP contribution >= 0.6 is 0 Å². The van der Waals surface area contributed by atoms with Crippen LogP contribution in [-0.4, -0.2) is 17.6 Å². The molecular formula is C19H31NO2. The number of carbonyl (C=O) groups excluding carboxylic acids is 1. The zero-order valence-corrected chi connectivity index (χ0v) is 14.1. The lowest BCUT2D eigenvalue weighted by molar-refractivity contribution is -0.143. The summed E-state index contributed by atoms with van der Waals surface area (Å²) < 4.78 is 4.91. The fourth-order valence-corrected chi connectivity index (χ4v) is 2.59. The van der Waals surface area contributed by atoms with Crippen LogP contribution in [0, 0.1) is 0 Å². The van der Waals surface area contributed by atoms with Crippen molar-refractivity contribution in [2.75, 3.05) is 6.61 Å². The van der Waals surface area contributed by atoms with Crippen molar-refractivity contribution in [2.24, 2.45) is 0 Å². The summed E-state index contributed by atoms with van der Waals surface area (Å²) in [5.74, 6) is -0.0459. The molecule has 0 fully saturated rings. The lowest BCUT2D eigenvalue weighted by atomic mass is 10.1. The van der Waals surface area contributed by atoms with Crippen molar-refractivity contribution in [3.63, 3.8) is 0 Å². The number of rotatable bonds is 13. The molecular weight excluding hydrogens is 274 g/mol. The van der Waals surface area contributed by atoms with E-state index in [-0.39, 0.29) is 5.97 Å². The molecule has 3 nitrogen and oxygen atoms in total. The van der Waals surface area contributed by atoms with Gasteiger partial charge >= 0.3 is 5.97 Å². The summed E-state index contributed by atoms with van der Waals surface area (Å²) in [6.07, 6.45) is 14.8. The summed E-state index contributed by atoms with van der Waals surface area (Å²) in [5.41, 5.74) is 1.21. The predicted molar refractivity (Wildman–Crippen MR) is 90.7 cm³/mol. The molecule has 1 aromatic heterocycles. The molecule has 0 saturated carbocycles. The van der Waals surface area contributed by atoms with Crippen molar-refractivity contribution in [3.8, 4) is 0 Å². The molecule has 1 heterocycles. The van der Waals surface area contributed by atoms with Gasteiger partial charge in [0.1, 0.15) is 0 Å². The number of hydrogen-bond acceptors (Lipinski definition) is 3. The number of hydrogen-bond donors (Lipinski definition) is 0. The van der Waals surface area contributed by atoms with Gasteiger partial charge in [0, 0.05) is 18.3 Å². The predicted octanol–water partition coefficient (Wildman–Crippen LogP) is 5.09. The number of carbonyl (C=O) groups is 1. The van der Waals surface area contributed by atoms with E-state index in [1.165, 1.54) is 50.6 Å². The molecule has 124 valence electrons. The Hall–Kier alpha value is -1.38. The highest BCUT2D eigenvalue weighted by atomic mass is 16.5. The number of aryl methyl sites for hydroxylation is 1. The minimum Gasteiger partial charge on any atom is -0.466 e. The van der Waals surface area contributed by atoms with Crippen LogP contribution in [0.25, 0.3) is 0 Å². The van der Waals surface area contributed by atoms with Gasteiger partial charge in [-0.15, -0.1) is 0 Å². The standard InChI is InChI=1S/C19H31NO2/c1-2-22-19(21)16-11-9-7-5-3-4-6-8-10-14-18-15-12-13-17-20-18/h12-13,15,17H,2-11,14,16H2,1H3. The van der Waals surface area contributed by atoms with Crippen molar-refractivity contribution in [1.29, 1.82) is 0 Å². The number of esters is 1. The van der Waals surface area contributed by atoms with E-state index in [9.17, 15) is 4.79 Å². The molecule has 1 aromatic rings. The monoisotopic (exact) mass is 305 g/mol. The van der Waals surface area contributed by atoms with Gasteiger partial charge in [-0.3, -0.25) is 9.78 Å². The summed E-state index contributed by atoms with van der Waals surface area (Å²) in [5, 5.41) is 0. The molecule has 0 saturated heterocycles. The van der Waals surface area contributed by atoms with Crippen LogP contribution in [0.5, 0.6) is 0 Å². The van der Waals surface area contributed by atoms with E-state index < -0.39 is 0 Å². The Labute approximate surface area is 135 Å². The van der Waals surface area contributed by atoms with Crippen LogP contribution in [0.4, 0.5) is 0 Å². The van der Waals surface area contributed by atoms with Crippen molar-refractivity contribution >= 4 is 5.97 Å². The fourth-order valence-electron chi connectivity index (χ4n) is 2.59. The van der Waals surface area contributed by atoms with Gasteiger partial charge in [0.25, 0.3) is 0 Å². The highest BCUT2D eigenvalue weighted by Gasteiger charge is 2.00. The van der Waals surface area contributed by atoms with E-state index in [2.05, 4.69) is 17.1 Å². The van der Waals surface area contributed by atoms with Gasteiger partial charge in [-0.2, -0.15) is 0 Å². The van der Waals surface area contributed by atoms with Gasteiger partial charge in [0.05, 0.1) is 6.61 Å². The molecule has 0 aliphatic heterocycles. The first kappa shape index (κ1) is 18.7. The van der Waals surface area contributed by atoms with Crippen molar-refractivity contribution in [1.82, 2.24) is 4.98 Å². The van der Waals surface area contributed by atoms with Crippen molar-refractivity contribution < 1.29 is 9.53 Å². The summed E-state index contributed by atoms with van der Waals surface area (Å²) >= 11 is 0. The summed E-state index contributed by atoms with van der Waals surface area (Å²) in [7, 11) is 0. The largest absolute Gasteiger partial charge is 0.466 e. The van der Waals surface area contributed by atoms with Gasteiger partial charge < -0.3 is 4.74 Å². The number of aromatic nitrogens is 1. The quantitative estimate of drug-likeness (QED) is 0.376. The second-order valence-corrected chi connectivity index (χ2v) is 5.81. The Kier molecular flexibility index (Phi) is 11.3. The van der Waals surface area contributed by atoms with E-state index in [0.29, 0.717) is 13.0 Å². The maximum absolute atomic E-state index is 11.2. The molecule has 3 heteroatoms. The van der Waals surface area contributed by atoms with Gasteiger partial charge in [0.15, 0.2) is 0 Å². The Morgan fingerprint density at radius 3 is 2.18 bits per heavy atom.